The minimum Gasteiger partial charge on any atom is -0.376 e. The van der Waals surface area contributed by atoms with Crippen molar-refractivity contribution in [3.05, 3.63) is 22.8 Å². The maximum absolute atomic E-state index is 6.03. The monoisotopic (exact) mass is 271 g/mol. The number of nitrogen functional groups attached to an aromatic ring is 1. The largest absolute Gasteiger partial charge is 0.376 e. The van der Waals surface area contributed by atoms with Crippen LogP contribution in [0.4, 0.5) is 5.82 Å². The van der Waals surface area contributed by atoms with Crippen LogP contribution in [0.25, 0.3) is 0 Å². The Morgan fingerprint density at radius 3 is 3.11 bits per heavy atom. The highest BCUT2D eigenvalue weighted by Crippen LogP contribution is 2.18. The Morgan fingerprint density at radius 2 is 2.39 bits per heavy atom. The molecule has 6 heteroatoms. The molecule has 1 fully saturated rings. The smallest absolute Gasteiger partial charge is 0.140 e. The van der Waals surface area contributed by atoms with Gasteiger partial charge in [-0.3, -0.25) is 0 Å². The van der Waals surface area contributed by atoms with E-state index in [9.17, 15) is 0 Å². The lowest BCUT2D eigenvalue weighted by molar-refractivity contribution is -0.0452. The summed E-state index contributed by atoms with van der Waals surface area (Å²) in [6.45, 7) is 1.78. The van der Waals surface area contributed by atoms with Crippen LogP contribution in [0.15, 0.2) is 12.1 Å². The fourth-order valence-electron chi connectivity index (χ4n) is 1.89. The van der Waals surface area contributed by atoms with Crippen molar-refractivity contribution in [3.8, 4) is 0 Å². The number of ether oxygens (including phenoxy) is 2. The molecular formula is C12H18ClN3O2. The number of anilines is 1. The number of nitrogens with two attached hydrogens (primary N) is 1. The summed E-state index contributed by atoms with van der Waals surface area (Å²) in [6, 6.07) is 3.47. The van der Waals surface area contributed by atoms with E-state index in [0.717, 1.165) is 19.4 Å². The quantitative estimate of drug-likeness (QED) is 0.634. The van der Waals surface area contributed by atoms with E-state index in [1.807, 2.05) is 0 Å². The maximum atomic E-state index is 6.03. The van der Waals surface area contributed by atoms with Crippen molar-refractivity contribution in [2.45, 2.75) is 32.0 Å². The zero-order valence-electron chi connectivity index (χ0n) is 10.2. The van der Waals surface area contributed by atoms with Crippen molar-refractivity contribution >= 4 is 17.4 Å². The van der Waals surface area contributed by atoms with Crippen LogP contribution in [0.5, 0.6) is 0 Å². The number of hydrazine groups is 1. The third-order valence-electron chi connectivity index (χ3n) is 2.88. The molecule has 18 heavy (non-hydrogen) atoms. The second-order valence-electron chi connectivity index (χ2n) is 4.27. The number of rotatable bonds is 5. The van der Waals surface area contributed by atoms with Gasteiger partial charge in [0.1, 0.15) is 5.82 Å². The van der Waals surface area contributed by atoms with Crippen molar-refractivity contribution in [2.75, 3.05) is 18.6 Å². The number of pyridine rings is 1. The van der Waals surface area contributed by atoms with Crippen LogP contribution in [0, 0.1) is 0 Å². The fraction of sp³-hybridized carbons (Fsp3) is 0.583. The van der Waals surface area contributed by atoms with Gasteiger partial charge in [-0.15, -0.1) is 0 Å². The average molecular weight is 272 g/mol. The molecule has 1 unspecified atom stereocenters. The average Bonchev–Trinajstić information content (AvgIpc) is 2.42. The van der Waals surface area contributed by atoms with Gasteiger partial charge in [-0.2, -0.15) is 0 Å². The Labute approximate surface area is 112 Å². The summed E-state index contributed by atoms with van der Waals surface area (Å²) in [7, 11) is 0. The molecule has 0 amide bonds. The van der Waals surface area contributed by atoms with Gasteiger partial charge in [0, 0.05) is 6.61 Å². The van der Waals surface area contributed by atoms with Crippen molar-refractivity contribution < 1.29 is 9.47 Å². The van der Waals surface area contributed by atoms with Gasteiger partial charge in [0.25, 0.3) is 0 Å². The molecule has 100 valence electrons. The standard InChI is InChI=1S/C12H18ClN3O2/c13-10-4-5-12(16-14)15-11(10)8-17-7-9-3-1-2-6-18-9/h4-5,9H,1-3,6-8,14H2,(H,15,16). The normalized spacial score (nSPS) is 19.8. The van der Waals surface area contributed by atoms with E-state index in [1.165, 1.54) is 6.42 Å². The Morgan fingerprint density at radius 1 is 1.50 bits per heavy atom. The number of hydrogen-bond acceptors (Lipinski definition) is 5. The summed E-state index contributed by atoms with van der Waals surface area (Å²) in [5, 5.41) is 0.582. The molecule has 5 nitrogen and oxygen atoms in total. The van der Waals surface area contributed by atoms with Crippen molar-refractivity contribution in [1.29, 1.82) is 0 Å². The minimum absolute atomic E-state index is 0.202. The molecule has 1 aliphatic rings. The SMILES string of the molecule is NNc1ccc(Cl)c(COCC2CCCCO2)n1. The summed E-state index contributed by atoms with van der Waals surface area (Å²) in [5.74, 6) is 5.87. The first-order valence-corrected chi connectivity index (χ1v) is 6.49. The van der Waals surface area contributed by atoms with Crippen LogP contribution in [0.3, 0.4) is 0 Å². The Hall–Kier alpha value is -0.880. The van der Waals surface area contributed by atoms with Crippen LogP contribution < -0.4 is 11.3 Å². The van der Waals surface area contributed by atoms with E-state index in [2.05, 4.69) is 10.4 Å². The van der Waals surface area contributed by atoms with Crippen LogP contribution in [0.2, 0.25) is 5.02 Å². The molecule has 1 atom stereocenters. The van der Waals surface area contributed by atoms with E-state index in [-0.39, 0.29) is 6.10 Å². The molecule has 0 aliphatic carbocycles. The Kier molecular flexibility index (Phi) is 5.19. The molecule has 1 saturated heterocycles. The topological polar surface area (TPSA) is 69.4 Å². The fourth-order valence-corrected chi connectivity index (χ4v) is 2.05. The van der Waals surface area contributed by atoms with Gasteiger partial charge >= 0.3 is 0 Å². The van der Waals surface area contributed by atoms with Crippen LogP contribution in [-0.4, -0.2) is 24.3 Å². The third kappa shape index (κ3) is 3.81. The highest BCUT2D eigenvalue weighted by Gasteiger charge is 2.14. The van der Waals surface area contributed by atoms with Crippen LogP contribution in [-0.2, 0) is 16.1 Å². The second-order valence-corrected chi connectivity index (χ2v) is 4.68. The van der Waals surface area contributed by atoms with Gasteiger partial charge < -0.3 is 14.9 Å². The number of nitrogens with one attached hydrogen (secondary N) is 1. The summed E-state index contributed by atoms with van der Waals surface area (Å²) >= 11 is 6.03. The highest BCUT2D eigenvalue weighted by atomic mass is 35.5. The summed E-state index contributed by atoms with van der Waals surface area (Å²) < 4.78 is 11.2. The molecule has 0 spiro atoms. The van der Waals surface area contributed by atoms with Gasteiger partial charge in [0.15, 0.2) is 0 Å². The summed E-state index contributed by atoms with van der Waals surface area (Å²) in [4.78, 5) is 4.24. The lowest BCUT2D eigenvalue weighted by Crippen LogP contribution is -2.24. The molecule has 2 heterocycles. The van der Waals surface area contributed by atoms with E-state index in [0.29, 0.717) is 29.7 Å². The van der Waals surface area contributed by atoms with Crippen LogP contribution >= 0.6 is 11.6 Å². The number of nitrogens with zero attached hydrogens (tertiary/aromatic N) is 1. The number of aromatic nitrogens is 1. The molecule has 0 radical (unpaired) electrons. The maximum Gasteiger partial charge on any atom is 0.140 e. The summed E-state index contributed by atoms with van der Waals surface area (Å²) in [6.07, 6.45) is 3.62. The lowest BCUT2D eigenvalue weighted by atomic mass is 10.1. The molecular weight excluding hydrogens is 254 g/mol. The number of hydrogen-bond donors (Lipinski definition) is 2. The van der Waals surface area contributed by atoms with E-state index < -0.39 is 0 Å². The van der Waals surface area contributed by atoms with E-state index >= 15 is 0 Å². The van der Waals surface area contributed by atoms with Gasteiger partial charge in [-0.25, -0.2) is 10.8 Å². The zero-order valence-corrected chi connectivity index (χ0v) is 10.9. The minimum atomic E-state index is 0.202. The predicted octanol–water partition coefficient (Wildman–Crippen LogP) is 2.11. The van der Waals surface area contributed by atoms with Crippen molar-refractivity contribution in [2.24, 2.45) is 5.84 Å². The molecule has 3 N–H and O–H groups in total. The first-order valence-electron chi connectivity index (χ1n) is 6.11. The predicted molar refractivity (Wildman–Crippen MR) is 70.3 cm³/mol. The zero-order chi connectivity index (χ0) is 12.8. The first-order chi connectivity index (χ1) is 8.79. The Bertz CT molecular complexity index is 384. The molecule has 2 rings (SSSR count). The first kappa shape index (κ1) is 13.5. The molecule has 1 aromatic rings. The van der Waals surface area contributed by atoms with E-state index in [1.54, 1.807) is 12.1 Å². The van der Waals surface area contributed by atoms with Gasteiger partial charge in [-0.05, 0) is 31.4 Å². The van der Waals surface area contributed by atoms with Crippen molar-refractivity contribution in [1.82, 2.24) is 4.98 Å². The second kappa shape index (κ2) is 6.89. The Balaban J connectivity index is 1.81. The van der Waals surface area contributed by atoms with Gasteiger partial charge in [-0.1, -0.05) is 11.6 Å². The molecule has 0 aromatic carbocycles. The molecule has 1 aromatic heterocycles. The number of halogens is 1. The highest BCUT2D eigenvalue weighted by molar-refractivity contribution is 6.31. The third-order valence-corrected chi connectivity index (χ3v) is 3.23. The van der Waals surface area contributed by atoms with Crippen molar-refractivity contribution in [3.63, 3.8) is 0 Å². The van der Waals surface area contributed by atoms with Gasteiger partial charge in [0.05, 0.1) is 30.0 Å². The van der Waals surface area contributed by atoms with E-state index in [4.69, 9.17) is 26.9 Å². The lowest BCUT2D eigenvalue weighted by Gasteiger charge is -2.22. The van der Waals surface area contributed by atoms with Gasteiger partial charge in [0.2, 0.25) is 0 Å². The molecule has 0 bridgehead atoms. The summed E-state index contributed by atoms with van der Waals surface area (Å²) in [5.41, 5.74) is 3.17. The van der Waals surface area contributed by atoms with Crippen LogP contribution in [0.1, 0.15) is 25.0 Å². The molecule has 0 saturated carbocycles. The molecule has 1 aliphatic heterocycles.